The minimum absolute atomic E-state index is 0. The van der Waals surface area contributed by atoms with Crippen molar-refractivity contribution in [3.05, 3.63) is 24.2 Å². The smallest absolute Gasteiger partial charge is 0.252 e. The van der Waals surface area contributed by atoms with Crippen molar-refractivity contribution in [3.8, 4) is 0 Å². The van der Waals surface area contributed by atoms with Crippen LogP contribution in [0.5, 0.6) is 0 Å². The number of nitrogens with zero attached hydrogens (tertiary/aromatic N) is 3. The van der Waals surface area contributed by atoms with Crippen LogP contribution < -0.4 is 10.6 Å². The van der Waals surface area contributed by atoms with Crippen LogP contribution >= 0.6 is 24.8 Å². The van der Waals surface area contributed by atoms with Gasteiger partial charge in [0.2, 0.25) is 0 Å². The van der Waals surface area contributed by atoms with Gasteiger partial charge < -0.3 is 19.9 Å². The van der Waals surface area contributed by atoms with Gasteiger partial charge in [-0.05, 0) is 18.4 Å². The van der Waals surface area contributed by atoms with Gasteiger partial charge in [0.15, 0.2) is 5.65 Å². The Morgan fingerprint density at radius 1 is 1.42 bits per heavy atom. The van der Waals surface area contributed by atoms with Crippen molar-refractivity contribution in [2.45, 2.75) is 32.9 Å². The van der Waals surface area contributed by atoms with Crippen molar-refractivity contribution >= 4 is 41.9 Å². The highest BCUT2D eigenvalue weighted by atomic mass is 35.5. The molecule has 26 heavy (non-hydrogen) atoms. The summed E-state index contributed by atoms with van der Waals surface area (Å²) < 4.78 is 7.64. The van der Waals surface area contributed by atoms with E-state index in [1.807, 2.05) is 4.57 Å². The highest BCUT2D eigenvalue weighted by Gasteiger charge is 2.14. The van der Waals surface area contributed by atoms with E-state index in [1.54, 1.807) is 18.6 Å². The zero-order valence-corrected chi connectivity index (χ0v) is 16.7. The fourth-order valence-corrected chi connectivity index (χ4v) is 2.85. The second-order valence-corrected chi connectivity index (χ2v) is 6.60. The second kappa shape index (κ2) is 10.7. The first-order valence-corrected chi connectivity index (χ1v) is 8.55. The first-order chi connectivity index (χ1) is 11.6. The molecule has 0 radical (unpaired) electrons. The SMILES string of the molecule is CC(C)Cn1cnc2cc(C(=O)NCCC3CNCCO3)cnc21.Cl.Cl. The molecule has 0 aromatic carbocycles. The number of morpholine rings is 1. The number of aromatic nitrogens is 3. The molecule has 0 spiro atoms. The van der Waals surface area contributed by atoms with Crippen molar-refractivity contribution in [2.75, 3.05) is 26.2 Å². The maximum atomic E-state index is 12.3. The van der Waals surface area contributed by atoms with Gasteiger partial charge >= 0.3 is 0 Å². The number of ether oxygens (including phenoxy) is 1. The van der Waals surface area contributed by atoms with Crippen LogP contribution in [0.2, 0.25) is 0 Å². The summed E-state index contributed by atoms with van der Waals surface area (Å²) in [6.07, 6.45) is 4.38. The van der Waals surface area contributed by atoms with E-state index in [-0.39, 0.29) is 36.8 Å². The molecular weight excluding hydrogens is 377 g/mol. The van der Waals surface area contributed by atoms with E-state index in [0.717, 1.165) is 43.8 Å². The summed E-state index contributed by atoms with van der Waals surface area (Å²) in [5, 5.41) is 6.21. The summed E-state index contributed by atoms with van der Waals surface area (Å²) in [6.45, 7) is 8.24. The molecule has 1 aliphatic rings. The lowest BCUT2D eigenvalue weighted by atomic mass is 10.2. The number of carbonyl (C=O) groups is 1. The number of pyridine rings is 1. The summed E-state index contributed by atoms with van der Waals surface area (Å²) in [4.78, 5) is 21.1. The van der Waals surface area contributed by atoms with Crippen LogP contribution in [0.3, 0.4) is 0 Å². The van der Waals surface area contributed by atoms with E-state index >= 15 is 0 Å². The Morgan fingerprint density at radius 2 is 2.23 bits per heavy atom. The summed E-state index contributed by atoms with van der Waals surface area (Å²) in [7, 11) is 0. The van der Waals surface area contributed by atoms with Gasteiger partial charge in [0.05, 0.1) is 24.6 Å². The zero-order chi connectivity index (χ0) is 16.9. The maximum absolute atomic E-state index is 12.3. The Labute approximate surface area is 166 Å². The molecule has 2 aromatic rings. The first kappa shape index (κ1) is 22.6. The predicted molar refractivity (Wildman–Crippen MR) is 106 cm³/mol. The molecule has 2 N–H and O–H groups in total. The average molecular weight is 404 g/mol. The van der Waals surface area contributed by atoms with Crippen LogP contribution in [-0.4, -0.2) is 52.8 Å². The molecule has 0 aliphatic carbocycles. The molecule has 1 atom stereocenters. The number of hydrogen-bond donors (Lipinski definition) is 2. The first-order valence-electron chi connectivity index (χ1n) is 8.55. The second-order valence-electron chi connectivity index (χ2n) is 6.60. The molecule has 1 aliphatic heterocycles. The molecule has 3 rings (SSSR count). The molecule has 1 unspecified atom stereocenters. The lowest BCUT2D eigenvalue weighted by Gasteiger charge is -2.23. The van der Waals surface area contributed by atoms with Gasteiger partial charge in [-0.25, -0.2) is 9.97 Å². The largest absolute Gasteiger partial charge is 0.376 e. The highest BCUT2D eigenvalue weighted by Crippen LogP contribution is 2.13. The van der Waals surface area contributed by atoms with E-state index in [2.05, 4.69) is 34.4 Å². The highest BCUT2D eigenvalue weighted by molar-refractivity contribution is 5.96. The molecule has 1 fully saturated rings. The zero-order valence-electron chi connectivity index (χ0n) is 15.1. The summed E-state index contributed by atoms with van der Waals surface area (Å²) in [5.74, 6) is 0.398. The Bertz CT molecular complexity index is 702. The number of imidazole rings is 1. The number of amides is 1. The number of carbonyl (C=O) groups excluding carboxylic acids is 1. The van der Waals surface area contributed by atoms with Crippen molar-refractivity contribution in [2.24, 2.45) is 5.92 Å². The van der Waals surface area contributed by atoms with Crippen molar-refractivity contribution in [1.82, 2.24) is 25.2 Å². The summed E-state index contributed by atoms with van der Waals surface area (Å²) >= 11 is 0. The van der Waals surface area contributed by atoms with Gasteiger partial charge in [-0.1, -0.05) is 13.8 Å². The molecule has 7 nitrogen and oxygen atoms in total. The van der Waals surface area contributed by atoms with Crippen LogP contribution in [0, 0.1) is 5.92 Å². The summed E-state index contributed by atoms with van der Waals surface area (Å²) in [6, 6.07) is 1.80. The van der Waals surface area contributed by atoms with E-state index in [9.17, 15) is 4.79 Å². The van der Waals surface area contributed by atoms with Crippen LogP contribution in [0.15, 0.2) is 18.6 Å². The monoisotopic (exact) mass is 403 g/mol. The Kier molecular flexibility index (Phi) is 9.29. The third-order valence-electron chi connectivity index (χ3n) is 4.04. The van der Waals surface area contributed by atoms with E-state index in [4.69, 9.17) is 4.74 Å². The van der Waals surface area contributed by atoms with E-state index in [0.29, 0.717) is 18.0 Å². The number of rotatable bonds is 6. The minimum atomic E-state index is -0.119. The number of fused-ring (bicyclic) bond motifs is 1. The van der Waals surface area contributed by atoms with Gasteiger partial charge in [-0.15, -0.1) is 24.8 Å². The third kappa shape index (κ3) is 5.81. The topological polar surface area (TPSA) is 81.1 Å². The van der Waals surface area contributed by atoms with Crippen LogP contribution in [0.4, 0.5) is 0 Å². The van der Waals surface area contributed by atoms with Crippen molar-refractivity contribution in [3.63, 3.8) is 0 Å². The molecule has 2 aromatic heterocycles. The predicted octanol–water partition coefficient (Wildman–Crippen LogP) is 2.04. The molecule has 3 heterocycles. The Hall–Kier alpha value is -1.41. The fraction of sp³-hybridized carbons (Fsp3) is 0.588. The molecule has 1 amide bonds. The summed E-state index contributed by atoms with van der Waals surface area (Å²) in [5.41, 5.74) is 2.12. The number of hydrogen-bond acceptors (Lipinski definition) is 5. The standard InChI is InChI=1S/C17H25N5O2.2ClH/c1-12(2)10-22-11-21-15-7-13(8-20-16(15)22)17(23)19-4-3-14-9-18-5-6-24-14;;/h7-8,11-12,14,18H,3-6,9-10H2,1-2H3,(H,19,23);2*1H. The van der Waals surface area contributed by atoms with Gasteiger partial charge in [0.1, 0.15) is 5.52 Å². The minimum Gasteiger partial charge on any atom is -0.376 e. The van der Waals surface area contributed by atoms with Gasteiger partial charge in [0, 0.05) is 32.4 Å². The van der Waals surface area contributed by atoms with Crippen molar-refractivity contribution in [1.29, 1.82) is 0 Å². The van der Waals surface area contributed by atoms with E-state index < -0.39 is 0 Å². The quantitative estimate of drug-likeness (QED) is 0.770. The van der Waals surface area contributed by atoms with E-state index in [1.165, 1.54) is 0 Å². The Balaban J connectivity index is 0.00000169. The van der Waals surface area contributed by atoms with Gasteiger partial charge in [-0.3, -0.25) is 4.79 Å². The average Bonchev–Trinajstić information content (AvgIpc) is 2.97. The molecule has 0 saturated carbocycles. The molecule has 146 valence electrons. The van der Waals surface area contributed by atoms with Gasteiger partial charge in [0.25, 0.3) is 5.91 Å². The number of nitrogens with one attached hydrogen (secondary N) is 2. The van der Waals surface area contributed by atoms with Crippen LogP contribution in [0.25, 0.3) is 11.2 Å². The lowest BCUT2D eigenvalue weighted by molar-refractivity contribution is 0.0239. The molecule has 0 bridgehead atoms. The molecular formula is C17H27Cl2N5O2. The maximum Gasteiger partial charge on any atom is 0.252 e. The van der Waals surface area contributed by atoms with Crippen LogP contribution in [-0.2, 0) is 11.3 Å². The molecule has 9 heteroatoms. The third-order valence-corrected chi connectivity index (χ3v) is 4.04. The molecule has 1 saturated heterocycles. The number of halogens is 2. The lowest BCUT2D eigenvalue weighted by Crippen LogP contribution is -2.40. The Morgan fingerprint density at radius 3 is 2.92 bits per heavy atom. The fourth-order valence-electron chi connectivity index (χ4n) is 2.85. The van der Waals surface area contributed by atoms with Gasteiger partial charge in [-0.2, -0.15) is 0 Å². The van der Waals surface area contributed by atoms with Crippen LogP contribution in [0.1, 0.15) is 30.6 Å². The van der Waals surface area contributed by atoms with Crippen molar-refractivity contribution < 1.29 is 9.53 Å². The normalized spacial score (nSPS) is 16.8.